The number of rotatable bonds is 9. The summed E-state index contributed by atoms with van der Waals surface area (Å²) in [6.45, 7) is -0.484. The number of nitrogens with one attached hydrogen (secondary N) is 1. The predicted molar refractivity (Wildman–Crippen MR) is 143 cm³/mol. The van der Waals surface area contributed by atoms with Crippen molar-refractivity contribution in [2.45, 2.75) is 6.61 Å². The van der Waals surface area contributed by atoms with Gasteiger partial charge >= 0.3 is 0 Å². The van der Waals surface area contributed by atoms with E-state index in [1.165, 1.54) is 49.6 Å². The minimum atomic E-state index is -0.673. The summed E-state index contributed by atoms with van der Waals surface area (Å²) in [4.78, 5) is 48.8. The highest BCUT2D eigenvalue weighted by atomic mass is 35.5. The van der Waals surface area contributed by atoms with Crippen LogP contribution in [-0.4, -0.2) is 40.5 Å². The third-order valence-corrected chi connectivity index (χ3v) is 6.55. The number of hydrogen-bond donors (Lipinski definition) is 1. The minimum absolute atomic E-state index is 0.0460. The lowest BCUT2D eigenvalue weighted by Gasteiger charge is -2.14. The molecule has 0 aliphatic carbocycles. The van der Waals surface area contributed by atoms with Crippen LogP contribution < -0.4 is 14.8 Å². The van der Waals surface area contributed by atoms with E-state index >= 15 is 0 Å². The van der Waals surface area contributed by atoms with E-state index in [2.05, 4.69) is 5.32 Å². The number of ether oxygens (including phenoxy) is 2. The monoisotopic (exact) mass is 571 g/mol. The second-order valence-corrected chi connectivity index (χ2v) is 9.47. The van der Waals surface area contributed by atoms with E-state index in [4.69, 9.17) is 21.1 Å². The van der Waals surface area contributed by atoms with Crippen molar-refractivity contribution < 1.29 is 33.2 Å². The van der Waals surface area contributed by atoms with E-state index in [0.717, 1.165) is 11.0 Å². The summed E-state index contributed by atoms with van der Waals surface area (Å²) in [7, 11) is 1.40. The van der Waals surface area contributed by atoms with Crippen LogP contribution in [-0.2, 0) is 16.2 Å². The maximum Gasteiger partial charge on any atom is 0.294 e. The number of carbonyl (C=O) groups excluding carboxylic acids is 3. The Morgan fingerprint density at radius 2 is 1.92 bits per heavy atom. The lowest BCUT2D eigenvalue weighted by molar-refractivity contribution is -0.384. The SMILES string of the molecule is COc1cc(/C=C2/SC(=O)N(CC(=O)Nc3cccc(F)c3)C2=O)cc(Cl)c1OCc1ccc([N+](=O)[O-])cc1. The van der Waals surface area contributed by atoms with Crippen LogP contribution in [0.1, 0.15) is 11.1 Å². The quantitative estimate of drug-likeness (QED) is 0.198. The maximum absolute atomic E-state index is 13.3. The van der Waals surface area contributed by atoms with Crippen LogP contribution in [0.5, 0.6) is 11.5 Å². The number of hydrogen-bond acceptors (Lipinski definition) is 8. The highest BCUT2D eigenvalue weighted by molar-refractivity contribution is 8.18. The molecule has 4 rings (SSSR count). The van der Waals surface area contributed by atoms with Gasteiger partial charge in [0, 0.05) is 17.8 Å². The van der Waals surface area contributed by atoms with Gasteiger partial charge in [0.2, 0.25) is 5.91 Å². The third kappa shape index (κ3) is 6.72. The summed E-state index contributed by atoms with van der Waals surface area (Å²) in [5.74, 6) is -1.41. The van der Waals surface area contributed by atoms with Crippen molar-refractivity contribution in [3.05, 3.63) is 97.6 Å². The van der Waals surface area contributed by atoms with Gasteiger partial charge in [-0.3, -0.25) is 29.4 Å². The molecule has 39 heavy (non-hydrogen) atoms. The molecule has 0 unspecified atom stereocenters. The smallest absolute Gasteiger partial charge is 0.294 e. The highest BCUT2D eigenvalue weighted by Crippen LogP contribution is 2.39. The summed E-state index contributed by atoms with van der Waals surface area (Å²) in [5, 5.41) is 12.8. The fraction of sp³-hybridized carbons (Fsp3) is 0.115. The van der Waals surface area contributed by atoms with Crippen molar-refractivity contribution in [3.63, 3.8) is 0 Å². The molecule has 13 heteroatoms. The fourth-order valence-electron chi connectivity index (χ4n) is 3.53. The standard InChI is InChI=1S/C26H19ClFN3O7S/c1-37-21-10-16(9-20(27)24(21)38-14-15-5-7-19(8-6-15)31(35)36)11-22-25(33)30(26(34)39-22)13-23(32)29-18-4-2-3-17(28)12-18/h2-12H,13-14H2,1H3,(H,29,32)/b22-11+. The molecule has 0 aromatic heterocycles. The van der Waals surface area contributed by atoms with Gasteiger partial charge in [-0.15, -0.1) is 0 Å². The average Bonchev–Trinajstić information content (AvgIpc) is 3.15. The Morgan fingerprint density at radius 3 is 2.59 bits per heavy atom. The van der Waals surface area contributed by atoms with E-state index in [-0.39, 0.29) is 39.4 Å². The van der Waals surface area contributed by atoms with Gasteiger partial charge in [-0.25, -0.2) is 4.39 Å². The number of thioether (sulfide) groups is 1. The van der Waals surface area contributed by atoms with Crippen LogP contribution in [0, 0.1) is 15.9 Å². The van der Waals surface area contributed by atoms with Crippen molar-refractivity contribution >= 4 is 57.9 Å². The number of amides is 3. The zero-order chi connectivity index (χ0) is 28.1. The fourth-order valence-corrected chi connectivity index (χ4v) is 4.64. The number of nitrogens with zero attached hydrogens (tertiary/aromatic N) is 2. The molecule has 0 atom stereocenters. The summed E-state index contributed by atoms with van der Waals surface area (Å²) in [6, 6.07) is 14.1. The first kappa shape index (κ1) is 27.6. The highest BCUT2D eigenvalue weighted by Gasteiger charge is 2.36. The number of halogens is 2. The minimum Gasteiger partial charge on any atom is -0.493 e. The van der Waals surface area contributed by atoms with Crippen LogP contribution in [0.4, 0.5) is 20.6 Å². The van der Waals surface area contributed by atoms with Crippen LogP contribution in [0.3, 0.4) is 0 Å². The van der Waals surface area contributed by atoms with Gasteiger partial charge in [0.1, 0.15) is 19.0 Å². The Balaban J connectivity index is 1.45. The topological polar surface area (TPSA) is 128 Å². The molecular weight excluding hydrogens is 553 g/mol. The van der Waals surface area contributed by atoms with E-state index in [0.29, 0.717) is 22.9 Å². The van der Waals surface area contributed by atoms with Gasteiger partial charge in [-0.2, -0.15) is 0 Å². The largest absolute Gasteiger partial charge is 0.493 e. The lowest BCUT2D eigenvalue weighted by atomic mass is 10.1. The molecular formula is C26H19ClFN3O7S. The van der Waals surface area contributed by atoms with Gasteiger partial charge < -0.3 is 14.8 Å². The zero-order valence-corrected chi connectivity index (χ0v) is 21.8. The Morgan fingerprint density at radius 1 is 1.18 bits per heavy atom. The van der Waals surface area contributed by atoms with Gasteiger partial charge in [-0.1, -0.05) is 17.7 Å². The molecule has 1 aliphatic heterocycles. The molecule has 3 amide bonds. The van der Waals surface area contributed by atoms with Crippen molar-refractivity contribution in [1.82, 2.24) is 4.90 Å². The van der Waals surface area contributed by atoms with Gasteiger partial charge in [-0.05, 0) is 71.4 Å². The number of anilines is 1. The summed E-state index contributed by atoms with van der Waals surface area (Å²) >= 11 is 7.07. The summed E-state index contributed by atoms with van der Waals surface area (Å²) < 4.78 is 24.5. The second-order valence-electron chi connectivity index (χ2n) is 8.07. The maximum atomic E-state index is 13.3. The number of carbonyl (C=O) groups is 3. The Kier molecular flexibility index (Phi) is 8.47. The number of benzene rings is 3. The van der Waals surface area contributed by atoms with Gasteiger partial charge in [0.25, 0.3) is 16.8 Å². The van der Waals surface area contributed by atoms with Crippen molar-refractivity contribution in [3.8, 4) is 11.5 Å². The molecule has 10 nitrogen and oxygen atoms in total. The third-order valence-electron chi connectivity index (χ3n) is 5.36. The van der Waals surface area contributed by atoms with E-state index in [1.54, 1.807) is 18.2 Å². The van der Waals surface area contributed by atoms with Crippen molar-refractivity contribution in [2.75, 3.05) is 19.0 Å². The Hall–Kier alpha value is -4.42. The van der Waals surface area contributed by atoms with Crippen molar-refractivity contribution in [2.24, 2.45) is 0 Å². The molecule has 3 aromatic rings. The molecule has 0 saturated carbocycles. The summed E-state index contributed by atoms with van der Waals surface area (Å²) in [6.07, 6.45) is 1.43. The number of imide groups is 1. The number of methoxy groups -OCH3 is 1. The molecule has 1 saturated heterocycles. The molecule has 1 N–H and O–H groups in total. The molecule has 0 spiro atoms. The van der Waals surface area contributed by atoms with E-state index < -0.39 is 34.3 Å². The summed E-state index contributed by atoms with van der Waals surface area (Å²) in [5.41, 5.74) is 1.25. The zero-order valence-electron chi connectivity index (χ0n) is 20.2. The van der Waals surface area contributed by atoms with E-state index in [9.17, 15) is 28.9 Å². The average molecular weight is 572 g/mol. The Labute approximate surface area is 230 Å². The molecule has 200 valence electrons. The number of nitro benzene ring substituents is 1. The Bertz CT molecular complexity index is 1500. The van der Waals surface area contributed by atoms with Crippen LogP contribution in [0.15, 0.2) is 65.6 Å². The van der Waals surface area contributed by atoms with Gasteiger partial charge in [0.05, 0.1) is 22.0 Å². The first-order valence-corrected chi connectivity index (χ1v) is 12.4. The molecule has 0 bridgehead atoms. The molecule has 0 radical (unpaired) electrons. The first-order chi connectivity index (χ1) is 18.6. The number of non-ortho nitro benzene ring substituents is 1. The van der Waals surface area contributed by atoms with Crippen LogP contribution in [0.25, 0.3) is 6.08 Å². The molecule has 1 heterocycles. The normalized spacial score (nSPS) is 14.0. The van der Waals surface area contributed by atoms with Crippen LogP contribution in [0.2, 0.25) is 5.02 Å². The van der Waals surface area contributed by atoms with Crippen molar-refractivity contribution in [1.29, 1.82) is 0 Å². The predicted octanol–water partition coefficient (Wildman–Crippen LogP) is 5.65. The molecule has 1 aliphatic rings. The number of nitro groups is 1. The first-order valence-electron chi connectivity index (χ1n) is 11.2. The van der Waals surface area contributed by atoms with Gasteiger partial charge in [0.15, 0.2) is 11.5 Å². The van der Waals surface area contributed by atoms with E-state index in [1.807, 2.05) is 0 Å². The van der Waals surface area contributed by atoms with Crippen LogP contribution >= 0.6 is 23.4 Å². The second kappa shape index (κ2) is 12.0. The molecule has 1 fully saturated rings. The molecule has 3 aromatic carbocycles. The lowest BCUT2D eigenvalue weighted by Crippen LogP contribution is -2.36.